The Balaban J connectivity index is 1.57. The fourth-order valence-corrected chi connectivity index (χ4v) is 3.03. The van der Waals surface area contributed by atoms with E-state index in [0.29, 0.717) is 25.0 Å². The van der Waals surface area contributed by atoms with Gasteiger partial charge in [0, 0.05) is 37.5 Å². The summed E-state index contributed by atoms with van der Waals surface area (Å²) in [7, 11) is 0. The minimum Gasteiger partial charge on any atom is -0.483 e. The van der Waals surface area contributed by atoms with E-state index in [1.807, 2.05) is 12.1 Å². The lowest BCUT2D eigenvalue weighted by atomic mass is 10.1. The van der Waals surface area contributed by atoms with Crippen LogP contribution in [0.4, 0.5) is 24.5 Å². The molecule has 1 fully saturated rings. The highest BCUT2D eigenvalue weighted by molar-refractivity contribution is 5.91. The van der Waals surface area contributed by atoms with E-state index in [4.69, 9.17) is 9.47 Å². The molecule has 0 spiro atoms. The number of hydrogen-bond acceptors (Lipinski definition) is 6. The van der Waals surface area contributed by atoms with Crippen LogP contribution >= 0.6 is 0 Å². The molecule has 2 aromatic carbocycles. The number of hydrogen-bond donors (Lipinski definition) is 1. The summed E-state index contributed by atoms with van der Waals surface area (Å²) in [5.74, 6) is -1.32. The van der Waals surface area contributed by atoms with Crippen molar-refractivity contribution in [1.82, 2.24) is 4.90 Å². The van der Waals surface area contributed by atoms with E-state index in [1.54, 1.807) is 12.1 Å². The summed E-state index contributed by atoms with van der Waals surface area (Å²) >= 11 is 0. The van der Waals surface area contributed by atoms with E-state index < -0.39 is 40.6 Å². The van der Waals surface area contributed by atoms with Crippen LogP contribution in [-0.2, 0) is 22.3 Å². The molecule has 0 radical (unpaired) electrons. The molecule has 1 aliphatic rings. The van der Waals surface area contributed by atoms with Crippen LogP contribution in [0, 0.1) is 10.1 Å². The van der Waals surface area contributed by atoms with Crippen LogP contribution in [0.2, 0.25) is 0 Å². The van der Waals surface area contributed by atoms with Crippen molar-refractivity contribution in [2.24, 2.45) is 0 Å². The molecule has 1 saturated heterocycles. The average Bonchev–Trinajstić information content (AvgIpc) is 2.73. The minimum absolute atomic E-state index is 0.375. The van der Waals surface area contributed by atoms with Crippen molar-refractivity contribution in [3.8, 4) is 5.75 Å². The van der Waals surface area contributed by atoms with Gasteiger partial charge in [0.05, 0.1) is 18.1 Å². The summed E-state index contributed by atoms with van der Waals surface area (Å²) in [6.07, 6.45) is -4.87. The molecule has 11 heteroatoms. The van der Waals surface area contributed by atoms with Gasteiger partial charge in [-0.1, -0.05) is 12.1 Å². The highest BCUT2D eigenvalue weighted by Crippen LogP contribution is 2.38. The monoisotopic (exact) mass is 439 g/mol. The predicted molar refractivity (Wildman–Crippen MR) is 105 cm³/mol. The van der Waals surface area contributed by atoms with E-state index in [0.717, 1.165) is 37.3 Å². The molecule has 3 rings (SSSR count). The average molecular weight is 439 g/mol. The Kier molecular flexibility index (Phi) is 7.08. The second-order valence-electron chi connectivity index (χ2n) is 6.86. The van der Waals surface area contributed by atoms with Crippen molar-refractivity contribution in [3.63, 3.8) is 0 Å². The Labute approximate surface area is 175 Å². The third-order valence-corrected chi connectivity index (χ3v) is 4.59. The molecule has 0 aromatic heterocycles. The molecule has 0 aliphatic carbocycles. The van der Waals surface area contributed by atoms with Gasteiger partial charge in [0.2, 0.25) is 0 Å². The topological polar surface area (TPSA) is 93.9 Å². The highest BCUT2D eigenvalue weighted by Gasteiger charge is 2.36. The molecule has 31 heavy (non-hydrogen) atoms. The Morgan fingerprint density at radius 2 is 1.84 bits per heavy atom. The Bertz CT molecular complexity index is 929. The number of ether oxygens (including phenoxy) is 2. The smallest absolute Gasteiger partial charge is 0.420 e. The van der Waals surface area contributed by atoms with Crippen LogP contribution in [-0.4, -0.2) is 48.6 Å². The zero-order chi connectivity index (χ0) is 22.4. The number of amides is 1. The standard InChI is InChI=1S/C20H20F3N3O5/c21-20(22,23)17-11-16(26(28)29)5-6-18(17)31-13-19(27)24-15-3-1-14(2-4-15)12-25-7-9-30-10-8-25/h1-6,11H,7-10,12-13H2,(H,24,27). The lowest BCUT2D eigenvalue weighted by Crippen LogP contribution is -2.35. The first-order chi connectivity index (χ1) is 14.7. The molecule has 1 heterocycles. The molecule has 0 atom stereocenters. The quantitative estimate of drug-likeness (QED) is 0.525. The maximum absolute atomic E-state index is 13.2. The number of nitro groups is 1. The Morgan fingerprint density at radius 3 is 2.45 bits per heavy atom. The molecular weight excluding hydrogens is 419 g/mol. The first kappa shape index (κ1) is 22.5. The normalized spacial score (nSPS) is 14.8. The second-order valence-corrected chi connectivity index (χ2v) is 6.86. The summed E-state index contributed by atoms with van der Waals surface area (Å²) in [5.41, 5.74) is -0.515. The fraction of sp³-hybridized carbons (Fsp3) is 0.350. The lowest BCUT2D eigenvalue weighted by molar-refractivity contribution is -0.385. The maximum Gasteiger partial charge on any atom is 0.420 e. The van der Waals surface area contributed by atoms with Gasteiger partial charge in [0.1, 0.15) is 11.3 Å². The third kappa shape index (κ3) is 6.40. The molecule has 1 N–H and O–H groups in total. The maximum atomic E-state index is 13.2. The number of alkyl halides is 3. The van der Waals surface area contributed by atoms with E-state index >= 15 is 0 Å². The summed E-state index contributed by atoms with van der Waals surface area (Å²) < 4.78 is 49.8. The first-order valence-electron chi connectivity index (χ1n) is 9.40. The van der Waals surface area contributed by atoms with Crippen LogP contribution < -0.4 is 10.1 Å². The van der Waals surface area contributed by atoms with E-state index in [1.165, 1.54) is 0 Å². The van der Waals surface area contributed by atoms with Crippen molar-refractivity contribution in [2.45, 2.75) is 12.7 Å². The number of nitrogens with one attached hydrogen (secondary N) is 1. The number of carbonyl (C=O) groups excluding carboxylic acids is 1. The van der Waals surface area contributed by atoms with Crippen LogP contribution in [0.1, 0.15) is 11.1 Å². The number of benzene rings is 2. The van der Waals surface area contributed by atoms with E-state index in [-0.39, 0.29) is 0 Å². The van der Waals surface area contributed by atoms with Gasteiger partial charge in [-0.3, -0.25) is 19.8 Å². The molecule has 8 nitrogen and oxygen atoms in total. The van der Waals surface area contributed by atoms with Crippen LogP contribution in [0.3, 0.4) is 0 Å². The number of nitrogens with zero attached hydrogens (tertiary/aromatic N) is 2. The van der Waals surface area contributed by atoms with Gasteiger partial charge in [-0.15, -0.1) is 0 Å². The fourth-order valence-electron chi connectivity index (χ4n) is 3.03. The number of anilines is 1. The summed E-state index contributed by atoms with van der Waals surface area (Å²) in [4.78, 5) is 24.1. The number of carbonyl (C=O) groups is 1. The molecule has 0 unspecified atom stereocenters. The number of non-ortho nitro benzene ring substituents is 1. The van der Waals surface area contributed by atoms with Gasteiger partial charge in [0.15, 0.2) is 6.61 Å². The van der Waals surface area contributed by atoms with Gasteiger partial charge in [-0.2, -0.15) is 13.2 Å². The van der Waals surface area contributed by atoms with Crippen LogP contribution in [0.5, 0.6) is 5.75 Å². The molecule has 0 saturated carbocycles. The summed E-state index contributed by atoms with van der Waals surface area (Å²) in [5, 5.41) is 13.3. The number of morpholine rings is 1. The van der Waals surface area contributed by atoms with Crippen molar-refractivity contribution in [1.29, 1.82) is 0 Å². The zero-order valence-electron chi connectivity index (χ0n) is 16.4. The van der Waals surface area contributed by atoms with E-state index in [2.05, 4.69) is 10.2 Å². The molecular formula is C20H20F3N3O5. The SMILES string of the molecule is O=C(COc1ccc([N+](=O)[O-])cc1C(F)(F)F)Nc1ccc(CN2CCOCC2)cc1. The van der Waals surface area contributed by atoms with Crippen molar-refractivity contribution in [3.05, 3.63) is 63.7 Å². The third-order valence-electron chi connectivity index (χ3n) is 4.59. The molecule has 1 aliphatic heterocycles. The van der Waals surface area contributed by atoms with E-state index in [9.17, 15) is 28.1 Å². The van der Waals surface area contributed by atoms with Gasteiger partial charge in [-0.05, 0) is 23.8 Å². The highest BCUT2D eigenvalue weighted by atomic mass is 19.4. The molecule has 2 aromatic rings. The van der Waals surface area contributed by atoms with Gasteiger partial charge in [0.25, 0.3) is 11.6 Å². The van der Waals surface area contributed by atoms with Crippen molar-refractivity contribution in [2.75, 3.05) is 38.2 Å². The summed E-state index contributed by atoms with van der Waals surface area (Å²) in [6, 6.07) is 9.18. The zero-order valence-corrected chi connectivity index (χ0v) is 16.4. The molecule has 1 amide bonds. The Morgan fingerprint density at radius 1 is 1.16 bits per heavy atom. The van der Waals surface area contributed by atoms with Gasteiger partial charge < -0.3 is 14.8 Å². The van der Waals surface area contributed by atoms with Gasteiger partial charge >= 0.3 is 6.18 Å². The number of rotatable bonds is 7. The largest absolute Gasteiger partial charge is 0.483 e. The van der Waals surface area contributed by atoms with Crippen LogP contribution in [0.15, 0.2) is 42.5 Å². The predicted octanol–water partition coefficient (Wildman–Crippen LogP) is 3.46. The van der Waals surface area contributed by atoms with Crippen LogP contribution in [0.25, 0.3) is 0 Å². The molecule has 166 valence electrons. The Hall–Kier alpha value is -3.18. The minimum atomic E-state index is -4.87. The van der Waals surface area contributed by atoms with Crippen molar-refractivity contribution >= 4 is 17.3 Å². The lowest BCUT2D eigenvalue weighted by Gasteiger charge is -2.26. The number of halogens is 3. The van der Waals surface area contributed by atoms with Crippen molar-refractivity contribution < 1.29 is 32.4 Å². The molecule has 0 bridgehead atoms. The number of nitro benzene ring substituents is 1. The van der Waals surface area contributed by atoms with Gasteiger partial charge in [-0.25, -0.2) is 0 Å². The first-order valence-corrected chi connectivity index (χ1v) is 9.40. The summed E-state index contributed by atoms with van der Waals surface area (Å²) in [6.45, 7) is 3.14. The second kappa shape index (κ2) is 9.75.